The quantitative estimate of drug-likeness (QED) is 0.312. The molecule has 8 heteroatoms. The zero-order chi connectivity index (χ0) is 10.7. The molecule has 0 amide bonds. The Kier molecular flexibility index (Phi) is 3.53. The van der Waals surface area contributed by atoms with Crippen molar-refractivity contribution in [2.75, 3.05) is 19.8 Å². The Balaban J connectivity index is 1.74. The van der Waals surface area contributed by atoms with Crippen LogP contribution in [0.3, 0.4) is 0 Å². The van der Waals surface area contributed by atoms with E-state index in [-0.39, 0.29) is 19.3 Å². The van der Waals surface area contributed by atoms with Gasteiger partial charge in [0, 0.05) is 0 Å². The van der Waals surface area contributed by atoms with Gasteiger partial charge in [-0.05, 0) is 0 Å². The second-order valence-electron chi connectivity index (χ2n) is 2.82. The first kappa shape index (κ1) is 11.2. The third kappa shape index (κ3) is 2.85. The van der Waals surface area contributed by atoms with E-state index in [4.69, 9.17) is 18.5 Å². The minimum Gasteiger partial charge on any atom is -0.325 e. The first-order chi connectivity index (χ1) is 7.22. The Morgan fingerprint density at radius 3 is 2.73 bits per heavy atom. The molecule has 0 aliphatic carbocycles. The molecule has 2 heterocycles. The van der Waals surface area contributed by atoms with E-state index in [1.54, 1.807) is 6.08 Å². The van der Waals surface area contributed by atoms with Crippen LogP contribution in [0.1, 0.15) is 0 Å². The Bertz CT molecular complexity index is 271. The fourth-order valence-corrected chi connectivity index (χ4v) is 1.97. The van der Waals surface area contributed by atoms with E-state index in [0.29, 0.717) is 6.61 Å². The van der Waals surface area contributed by atoms with Crippen molar-refractivity contribution in [1.82, 2.24) is 0 Å². The molecule has 0 saturated carbocycles. The number of rotatable bonds is 4. The van der Waals surface area contributed by atoms with Gasteiger partial charge in [-0.2, -0.15) is 4.89 Å². The van der Waals surface area contributed by atoms with Crippen LogP contribution >= 0.6 is 7.82 Å². The SMILES string of the molecule is C=CC1COC(OOP2(=O)OCCO2)O1. The normalized spacial score (nSPS) is 34.4. The third-order valence-electron chi connectivity index (χ3n) is 1.74. The van der Waals surface area contributed by atoms with Gasteiger partial charge in [-0.1, -0.05) is 6.08 Å². The summed E-state index contributed by atoms with van der Waals surface area (Å²) >= 11 is 0. The van der Waals surface area contributed by atoms with E-state index in [1.165, 1.54) is 0 Å². The van der Waals surface area contributed by atoms with Crippen molar-refractivity contribution >= 4 is 7.82 Å². The van der Waals surface area contributed by atoms with Crippen LogP contribution in [0.4, 0.5) is 0 Å². The van der Waals surface area contributed by atoms with Crippen molar-refractivity contribution in [3.63, 3.8) is 0 Å². The molecule has 0 N–H and O–H groups in total. The van der Waals surface area contributed by atoms with Crippen LogP contribution < -0.4 is 0 Å². The predicted molar refractivity (Wildman–Crippen MR) is 46.5 cm³/mol. The molecule has 0 spiro atoms. The highest BCUT2D eigenvalue weighted by Crippen LogP contribution is 2.53. The Morgan fingerprint density at radius 1 is 1.40 bits per heavy atom. The summed E-state index contributed by atoms with van der Waals surface area (Å²) in [7, 11) is -3.56. The highest BCUT2D eigenvalue weighted by Gasteiger charge is 2.36. The number of ether oxygens (including phenoxy) is 2. The molecular formula is C7H11O7P. The van der Waals surface area contributed by atoms with Gasteiger partial charge in [0.25, 0.3) is 0 Å². The lowest BCUT2D eigenvalue weighted by Crippen LogP contribution is -2.14. The fourth-order valence-electron chi connectivity index (χ4n) is 1.04. The maximum Gasteiger partial charge on any atom is 0.502 e. The summed E-state index contributed by atoms with van der Waals surface area (Å²) in [4.78, 5) is 4.62. The van der Waals surface area contributed by atoms with Crippen molar-refractivity contribution in [3.05, 3.63) is 12.7 Å². The maximum atomic E-state index is 11.4. The standard InChI is InChI=1S/C7H11O7P/c1-2-6-5-9-7(12-6)13-14-15(8)10-3-4-11-15/h2,6-7H,1,3-5H2. The minimum atomic E-state index is -3.56. The van der Waals surface area contributed by atoms with Gasteiger partial charge in [-0.25, -0.2) is 4.57 Å². The first-order valence-electron chi connectivity index (χ1n) is 4.36. The average molecular weight is 238 g/mol. The summed E-state index contributed by atoms with van der Waals surface area (Å²) < 4.78 is 35.4. The fraction of sp³-hybridized carbons (Fsp3) is 0.714. The van der Waals surface area contributed by atoms with E-state index < -0.39 is 14.3 Å². The van der Waals surface area contributed by atoms with Crippen LogP contribution in [0.5, 0.6) is 0 Å². The molecule has 2 aliphatic rings. The number of hydrogen-bond acceptors (Lipinski definition) is 7. The Hall–Kier alpha value is -0.270. The van der Waals surface area contributed by atoms with Crippen LogP contribution in [0, 0.1) is 0 Å². The lowest BCUT2D eigenvalue weighted by molar-refractivity contribution is -0.381. The lowest BCUT2D eigenvalue weighted by atomic mass is 10.4. The Morgan fingerprint density at radius 2 is 2.13 bits per heavy atom. The van der Waals surface area contributed by atoms with Crippen LogP contribution in [0.2, 0.25) is 0 Å². The molecule has 7 nitrogen and oxygen atoms in total. The zero-order valence-electron chi connectivity index (χ0n) is 7.87. The number of phosphoric ester groups is 1. The van der Waals surface area contributed by atoms with Crippen LogP contribution in [0.25, 0.3) is 0 Å². The van der Waals surface area contributed by atoms with Crippen molar-refractivity contribution in [1.29, 1.82) is 0 Å². The molecule has 2 unspecified atom stereocenters. The van der Waals surface area contributed by atoms with Crippen molar-refractivity contribution in [2.24, 2.45) is 0 Å². The topological polar surface area (TPSA) is 72.5 Å². The molecule has 2 fully saturated rings. The number of phosphoric acid groups is 1. The van der Waals surface area contributed by atoms with Gasteiger partial charge in [-0.3, -0.25) is 9.05 Å². The molecule has 0 radical (unpaired) electrons. The molecular weight excluding hydrogens is 227 g/mol. The number of hydrogen-bond donors (Lipinski definition) is 0. The van der Waals surface area contributed by atoms with Gasteiger partial charge in [-0.15, -0.1) is 11.3 Å². The summed E-state index contributed by atoms with van der Waals surface area (Å²) in [6.45, 7) is 3.22. The van der Waals surface area contributed by atoms with Crippen molar-refractivity contribution < 1.29 is 32.6 Å². The molecule has 2 rings (SSSR count). The van der Waals surface area contributed by atoms with Gasteiger partial charge in [0.2, 0.25) is 0 Å². The zero-order valence-corrected chi connectivity index (χ0v) is 8.76. The molecule has 0 aromatic rings. The minimum absolute atomic E-state index is 0.211. The van der Waals surface area contributed by atoms with E-state index >= 15 is 0 Å². The molecule has 2 saturated heterocycles. The van der Waals surface area contributed by atoms with Gasteiger partial charge in [0.1, 0.15) is 6.10 Å². The van der Waals surface area contributed by atoms with Crippen molar-refractivity contribution in [3.8, 4) is 0 Å². The summed E-state index contributed by atoms with van der Waals surface area (Å²) in [5, 5.41) is 0. The van der Waals surface area contributed by atoms with Gasteiger partial charge >= 0.3 is 14.3 Å². The van der Waals surface area contributed by atoms with Crippen LogP contribution in [-0.4, -0.2) is 32.4 Å². The maximum absolute atomic E-state index is 11.4. The molecule has 0 aromatic carbocycles. The first-order valence-corrected chi connectivity index (χ1v) is 5.82. The molecule has 0 bridgehead atoms. The Labute approximate surface area is 86.4 Å². The summed E-state index contributed by atoms with van der Waals surface area (Å²) in [5.74, 6) is 0. The summed E-state index contributed by atoms with van der Waals surface area (Å²) in [6.07, 6.45) is 1.30. The van der Waals surface area contributed by atoms with Crippen LogP contribution in [-0.2, 0) is 32.6 Å². The molecule has 15 heavy (non-hydrogen) atoms. The van der Waals surface area contributed by atoms with Gasteiger partial charge in [0.05, 0.1) is 19.8 Å². The van der Waals surface area contributed by atoms with E-state index in [9.17, 15) is 4.57 Å². The highest BCUT2D eigenvalue weighted by molar-refractivity contribution is 7.48. The summed E-state index contributed by atoms with van der Waals surface area (Å²) in [6, 6.07) is 0. The largest absolute Gasteiger partial charge is 0.502 e. The molecule has 0 aromatic heterocycles. The average Bonchev–Trinajstić information content (AvgIpc) is 2.84. The summed E-state index contributed by atoms with van der Waals surface area (Å²) in [5.41, 5.74) is 0. The highest BCUT2D eigenvalue weighted by atomic mass is 31.2. The molecule has 2 atom stereocenters. The monoisotopic (exact) mass is 238 g/mol. The van der Waals surface area contributed by atoms with Crippen LogP contribution in [0.15, 0.2) is 12.7 Å². The molecule has 86 valence electrons. The van der Waals surface area contributed by atoms with Crippen molar-refractivity contribution in [2.45, 2.75) is 12.6 Å². The third-order valence-corrected chi connectivity index (χ3v) is 3.01. The van der Waals surface area contributed by atoms with E-state index in [0.717, 1.165) is 0 Å². The van der Waals surface area contributed by atoms with E-state index in [2.05, 4.69) is 16.1 Å². The second kappa shape index (κ2) is 4.71. The van der Waals surface area contributed by atoms with Gasteiger partial charge < -0.3 is 9.47 Å². The molecule has 2 aliphatic heterocycles. The predicted octanol–water partition coefficient (Wildman–Crippen LogP) is 0.974. The smallest absolute Gasteiger partial charge is 0.325 e. The van der Waals surface area contributed by atoms with E-state index in [1.807, 2.05) is 0 Å². The second-order valence-corrected chi connectivity index (χ2v) is 4.38. The van der Waals surface area contributed by atoms with Gasteiger partial charge in [0.15, 0.2) is 0 Å². The lowest BCUT2D eigenvalue weighted by Gasteiger charge is -2.11.